The zero-order valence-electron chi connectivity index (χ0n) is 10.8. The molecule has 0 bridgehead atoms. The van der Waals surface area contributed by atoms with E-state index in [1.54, 1.807) is 12.3 Å². The summed E-state index contributed by atoms with van der Waals surface area (Å²) in [6, 6.07) is 11.3. The summed E-state index contributed by atoms with van der Waals surface area (Å²) in [6.07, 6.45) is 3.79. The lowest BCUT2D eigenvalue weighted by Crippen LogP contribution is -2.26. The van der Waals surface area contributed by atoms with Gasteiger partial charge in [-0.2, -0.15) is 0 Å². The molecule has 1 aromatic carbocycles. The number of benzene rings is 1. The van der Waals surface area contributed by atoms with E-state index < -0.39 is 0 Å². The fourth-order valence-electron chi connectivity index (χ4n) is 1.79. The molecule has 1 amide bonds. The minimum atomic E-state index is -0.106. The fourth-order valence-corrected chi connectivity index (χ4v) is 1.92. The van der Waals surface area contributed by atoms with E-state index >= 15 is 0 Å². The highest BCUT2D eigenvalue weighted by atomic mass is 35.5. The summed E-state index contributed by atoms with van der Waals surface area (Å²) in [4.78, 5) is 16.0. The van der Waals surface area contributed by atoms with E-state index in [-0.39, 0.29) is 5.91 Å². The molecule has 102 valence electrons. The van der Waals surface area contributed by atoms with Crippen LogP contribution in [0.25, 0.3) is 0 Å². The van der Waals surface area contributed by atoms with Crippen molar-refractivity contribution in [3.8, 4) is 0 Å². The fraction of sp³-hybridized carbons (Fsp3) is 0.200. The van der Waals surface area contributed by atoms with Crippen molar-refractivity contribution in [3.05, 3.63) is 53.3 Å². The maximum Gasteiger partial charge on any atom is 0.270 e. The lowest BCUT2D eigenvalue weighted by atomic mass is 10.3. The van der Waals surface area contributed by atoms with E-state index in [9.17, 15) is 4.79 Å². The van der Waals surface area contributed by atoms with Gasteiger partial charge in [0.15, 0.2) is 0 Å². The average Bonchev–Trinajstić information content (AvgIpc) is 3.26. The lowest BCUT2D eigenvalue weighted by Gasteiger charge is -2.07. The van der Waals surface area contributed by atoms with Crippen molar-refractivity contribution in [2.75, 3.05) is 5.32 Å². The Hall–Kier alpha value is -2.07. The molecular formula is C15H14ClN3O. The Morgan fingerprint density at radius 3 is 2.40 bits per heavy atom. The molecule has 1 aromatic heterocycles. The predicted octanol–water partition coefficient (Wildman–Crippen LogP) is 3.37. The van der Waals surface area contributed by atoms with Gasteiger partial charge in [0.25, 0.3) is 5.91 Å². The molecule has 5 heteroatoms. The van der Waals surface area contributed by atoms with Gasteiger partial charge in [0.05, 0.1) is 11.9 Å². The van der Waals surface area contributed by atoms with Gasteiger partial charge in [-0.15, -0.1) is 0 Å². The van der Waals surface area contributed by atoms with E-state index in [1.165, 1.54) is 0 Å². The molecule has 0 radical (unpaired) electrons. The molecule has 3 rings (SSSR count). The van der Waals surface area contributed by atoms with Gasteiger partial charge < -0.3 is 10.6 Å². The SMILES string of the molecule is O=C(NC1CC1)c1ccc(Nc2ccc(Cl)cc2)cn1. The van der Waals surface area contributed by atoms with Crippen molar-refractivity contribution in [2.45, 2.75) is 18.9 Å². The van der Waals surface area contributed by atoms with Crippen LogP contribution in [0.2, 0.25) is 5.02 Å². The molecule has 1 saturated carbocycles. The Morgan fingerprint density at radius 1 is 1.10 bits per heavy atom. The lowest BCUT2D eigenvalue weighted by molar-refractivity contribution is 0.0946. The first-order valence-electron chi connectivity index (χ1n) is 6.50. The summed E-state index contributed by atoms with van der Waals surface area (Å²) in [5.74, 6) is -0.106. The molecule has 0 unspecified atom stereocenters. The van der Waals surface area contributed by atoms with Crippen LogP contribution in [-0.4, -0.2) is 16.9 Å². The van der Waals surface area contributed by atoms with Gasteiger partial charge in [-0.25, -0.2) is 4.98 Å². The summed E-state index contributed by atoms with van der Waals surface area (Å²) in [5.41, 5.74) is 2.19. The minimum absolute atomic E-state index is 0.106. The zero-order valence-corrected chi connectivity index (χ0v) is 11.5. The zero-order chi connectivity index (χ0) is 13.9. The summed E-state index contributed by atoms with van der Waals surface area (Å²) >= 11 is 5.83. The first kappa shape index (κ1) is 12.9. The van der Waals surface area contributed by atoms with Gasteiger partial charge in [-0.05, 0) is 49.2 Å². The number of aromatic nitrogens is 1. The Labute approximate surface area is 122 Å². The Balaban J connectivity index is 1.66. The first-order chi connectivity index (χ1) is 9.70. The molecule has 0 saturated heterocycles. The molecule has 2 N–H and O–H groups in total. The molecule has 20 heavy (non-hydrogen) atoms. The van der Waals surface area contributed by atoms with E-state index in [2.05, 4.69) is 15.6 Å². The van der Waals surface area contributed by atoms with Crippen LogP contribution in [0.5, 0.6) is 0 Å². The maximum absolute atomic E-state index is 11.8. The number of hydrogen-bond acceptors (Lipinski definition) is 3. The van der Waals surface area contributed by atoms with Crippen LogP contribution in [0.15, 0.2) is 42.6 Å². The number of rotatable bonds is 4. The van der Waals surface area contributed by atoms with Crippen molar-refractivity contribution < 1.29 is 4.79 Å². The third-order valence-corrected chi connectivity index (χ3v) is 3.29. The van der Waals surface area contributed by atoms with Crippen molar-refractivity contribution in [2.24, 2.45) is 0 Å². The van der Waals surface area contributed by atoms with Crippen molar-refractivity contribution in [1.29, 1.82) is 0 Å². The van der Waals surface area contributed by atoms with Crippen LogP contribution in [0.4, 0.5) is 11.4 Å². The van der Waals surface area contributed by atoms with Gasteiger partial charge in [0.2, 0.25) is 0 Å². The van der Waals surface area contributed by atoms with Crippen LogP contribution < -0.4 is 10.6 Å². The maximum atomic E-state index is 11.8. The summed E-state index contributed by atoms with van der Waals surface area (Å²) in [5, 5.41) is 6.80. The molecule has 0 aliphatic heterocycles. The highest BCUT2D eigenvalue weighted by molar-refractivity contribution is 6.30. The molecule has 1 fully saturated rings. The highest BCUT2D eigenvalue weighted by Crippen LogP contribution is 2.20. The quantitative estimate of drug-likeness (QED) is 0.906. The smallest absolute Gasteiger partial charge is 0.270 e. The average molecular weight is 288 g/mol. The van der Waals surface area contributed by atoms with Crippen LogP contribution in [0.1, 0.15) is 23.3 Å². The number of amides is 1. The number of carbonyl (C=O) groups excluding carboxylic acids is 1. The standard InChI is InChI=1S/C15H14ClN3O/c16-10-1-3-11(4-2-10)18-13-7-8-14(17-9-13)15(20)19-12-5-6-12/h1-4,7-9,12,18H,5-6H2,(H,19,20). The van der Waals surface area contributed by atoms with Crippen molar-refractivity contribution in [1.82, 2.24) is 10.3 Å². The largest absolute Gasteiger partial charge is 0.354 e. The Morgan fingerprint density at radius 2 is 1.80 bits per heavy atom. The number of nitrogens with zero attached hydrogens (tertiary/aromatic N) is 1. The van der Waals surface area contributed by atoms with Gasteiger partial charge in [0.1, 0.15) is 5.69 Å². The number of carbonyl (C=O) groups is 1. The van der Waals surface area contributed by atoms with Gasteiger partial charge in [-0.3, -0.25) is 4.79 Å². The predicted molar refractivity (Wildman–Crippen MR) is 79.5 cm³/mol. The minimum Gasteiger partial charge on any atom is -0.354 e. The van der Waals surface area contributed by atoms with E-state index in [0.717, 1.165) is 24.2 Å². The topological polar surface area (TPSA) is 54.0 Å². The van der Waals surface area contributed by atoms with Gasteiger partial charge in [-0.1, -0.05) is 11.6 Å². The van der Waals surface area contributed by atoms with Gasteiger partial charge in [0, 0.05) is 16.8 Å². The summed E-state index contributed by atoms with van der Waals surface area (Å²) in [6.45, 7) is 0. The van der Waals surface area contributed by atoms with Crippen LogP contribution in [0.3, 0.4) is 0 Å². The van der Waals surface area contributed by atoms with Gasteiger partial charge >= 0.3 is 0 Å². The van der Waals surface area contributed by atoms with Crippen molar-refractivity contribution in [3.63, 3.8) is 0 Å². The number of pyridine rings is 1. The highest BCUT2D eigenvalue weighted by Gasteiger charge is 2.24. The second kappa shape index (κ2) is 5.51. The number of nitrogens with one attached hydrogen (secondary N) is 2. The van der Waals surface area contributed by atoms with Crippen LogP contribution in [-0.2, 0) is 0 Å². The molecule has 0 spiro atoms. The van der Waals surface area contributed by atoms with Crippen molar-refractivity contribution >= 4 is 28.9 Å². The first-order valence-corrected chi connectivity index (χ1v) is 6.88. The molecule has 2 aromatic rings. The van der Waals surface area contributed by atoms with Crippen LogP contribution >= 0.6 is 11.6 Å². The third kappa shape index (κ3) is 3.27. The molecule has 4 nitrogen and oxygen atoms in total. The summed E-state index contributed by atoms with van der Waals surface area (Å²) < 4.78 is 0. The number of anilines is 2. The molecular weight excluding hydrogens is 274 g/mol. The second-order valence-electron chi connectivity index (χ2n) is 4.81. The Bertz CT molecular complexity index is 606. The van der Waals surface area contributed by atoms with E-state index in [4.69, 9.17) is 11.6 Å². The normalized spacial score (nSPS) is 13.8. The monoisotopic (exact) mass is 287 g/mol. The third-order valence-electron chi connectivity index (χ3n) is 3.04. The van der Waals surface area contributed by atoms with Crippen LogP contribution in [0, 0.1) is 0 Å². The summed E-state index contributed by atoms with van der Waals surface area (Å²) in [7, 11) is 0. The Kier molecular flexibility index (Phi) is 3.56. The number of halogens is 1. The molecule has 0 atom stereocenters. The molecule has 1 aliphatic rings. The van der Waals surface area contributed by atoms with E-state index in [1.807, 2.05) is 30.3 Å². The van der Waals surface area contributed by atoms with E-state index in [0.29, 0.717) is 16.8 Å². The second-order valence-corrected chi connectivity index (χ2v) is 5.25. The molecule has 1 aliphatic carbocycles. The molecule has 1 heterocycles. The number of hydrogen-bond donors (Lipinski definition) is 2.